The molecule has 1 aromatic heterocycles. The fourth-order valence-corrected chi connectivity index (χ4v) is 4.59. The minimum Gasteiger partial charge on any atom is -0.497 e. The number of hydrogen-bond donors (Lipinski definition) is 1. The van der Waals surface area contributed by atoms with Crippen molar-refractivity contribution in [2.24, 2.45) is 7.05 Å². The van der Waals surface area contributed by atoms with Gasteiger partial charge < -0.3 is 14.2 Å². The predicted molar refractivity (Wildman–Crippen MR) is 122 cm³/mol. The first kappa shape index (κ1) is 21.2. The molecular formula is C24H21ClN4O4. The summed E-state index contributed by atoms with van der Waals surface area (Å²) in [7, 11) is 3.49. The average molecular weight is 465 g/mol. The minimum atomic E-state index is -0.636. The highest BCUT2D eigenvalue weighted by atomic mass is 35.5. The van der Waals surface area contributed by atoms with Crippen LogP contribution < -0.4 is 10.1 Å². The van der Waals surface area contributed by atoms with Gasteiger partial charge in [-0.3, -0.25) is 19.7 Å². The van der Waals surface area contributed by atoms with Crippen LogP contribution in [0, 0.1) is 0 Å². The second-order valence-corrected chi connectivity index (χ2v) is 8.59. The second kappa shape index (κ2) is 8.04. The van der Waals surface area contributed by atoms with E-state index in [1.807, 2.05) is 36.0 Å². The molecule has 3 aromatic rings. The Bertz CT molecular complexity index is 1320. The molecule has 33 heavy (non-hydrogen) atoms. The number of nitrogens with one attached hydrogen (secondary N) is 1. The molecule has 1 saturated heterocycles. The molecular weight excluding hydrogens is 444 g/mol. The normalized spacial score (nSPS) is 17.8. The summed E-state index contributed by atoms with van der Waals surface area (Å²) in [5.74, 6) is 0.456. The first-order valence-electron chi connectivity index (χ1n) is 10.5. The van der Waals surface area contributed by atoms with E-state index in [4.69, 9.17) is 21.3 Å². The molecule has 2 aliphatic rings. The smallest absolute Gasteiger partial charge is 0.255 e. The van der Waals surface area contributed by atoms with Gasteiger partial charge in [-0.05, 0) is 42.3 Å². The van der Waals surface area contributed by atoms with Crippen LogP contribution in [-0.4, -0.2) is 45.3 Å². The molecule has 0 spiro atoms. The fraction of sp³-hybridized carbons (Fsp3) is 0.250. The van der Waals surface area contributed by atoms with Gasteiger partial charge >= 0.3 is 0 Å². The van der Waals surface area contributed by atoms with Gasteiger partial charge in [0, 0.05) is 42.9 Å². The van der Waals surface area contributed by atoms with Crippen molar-refractivity contribution in [1.82, 2.24) is 19.8 Å². The Morgan fingerprint density at radius 2 is 1.94 bits per heavy atom. The summed E-state index contributed by atoms with van der Waals surface area (Å²) in [6, 6.07) is 10.3. The Morgan fingerprint density at radius 1 is 1.12 bits per heavy atom. The minimum absolute atomic E-state index is 0.198. The molecule has 1 N–H and O–H groups in total. The zero-order chi connectivity index (χ0) is 23.3. The van der Waals surface area contributed by atoms with Crippen LogP contribution in [0.3, 0.4) is 0 Å². The number of imide groups is 1. The molecule has 5 rings (SSSR count). The van der Waals surface area contributed by atoms with Crippen molar-refractivity contribution in [3.05, 3.63) is 58.7 Å². The molecule has 8 nitrogen and oxygen atoms in total. The number of carbonyl (C=O) groups excluding carboxylic acids is 3. The maximum atomic E-state index is 12.9. The van der Waals surface area contributed by atoms with E-state index in [2.05, 4.69) is 5.32 Å². The first-order valence-corrected chi connectivity index (χ1v) is 10.9. The van der Waals surface area contributed by atoms with Crippen molar-refractivity contribution in [2.45, 2.75) is 25.4 Å². The zero-order valence-electron chi connectivity index (χ0n) is 18.1. The lowest BCUT2D eigenvalue weighted by atomic mass is 10.0. The van der Waals surface area contributed by atoms with Gasteiger partial charge in [0.25, 0.3) is 5.91 Å². The van der Waals surface area contributed by atoms with E-state index in [1.165, 1.54) is 4.90 Å². The van der Waals surface area contributed by atoms with Crippen molar-refractivity contribution in [3.63, 3.8) is 0 Å². The summed E-state index contributed by atoms with van der Waals surface area (Å²) >= 11 is 6.41. The van der Waals surface area contributed by atoms with Gasteiger partial charge in [0.2, 0.25) is 11.8 Å². The van der Waals surface area contributed by atoms with E-state index in [-0.39, 0.29) is 18.2 Å². The molecule has 0 saturated carbocycles. The van der Waals surface area contributed by atoms with Gasteiger partial charge in [0.05, 0.1) is 17.8 Å². The quantitative estimate of drug-likeness (QED) is 0.598. The highest BCUT2D eigenvalue weighted by Crippen LogP contribution is 2.34. The summed E-state index contributed by atoms with van der Waals surface area (Å²) in [6.45, 7) is 0.315. The number of piperidine rings is 1. The molecule has 1 atom stereocenters. The maximum Gasteiger partial charge on any atom is 0.255 e. The van der Waals surface area contributed by atoms with Crippen LogP contribution in [0.25, 0.3) is 22.6 Å². The average Bonchev–Trinajstić information content (AvgIpc) is 3.34. The Hall–Kier alpha value is -3.65. The zero-order valence-corrected chi connectivity index (χ0v) is 18.8. The number of halogens is 1. The van der Waals surface area contributed by atoms with Crippen LogP contribution >= 0.6 is 11.6 Å². The Balaban J connectivity index is 1.45. The largest absolute Gasteiger partial charge is 0.497 e. The molecule has 3 heterocycles. The topological polar surface area (TPSA) is 93.5 Å². The number of nitrogens with zero attached hydrogens (tertiary/aromatic N) is 3. The summed E-state index contributed by atoms with van der Waals surface area (Å²) < 4.78 is 7.21. The first-order chi connectivity index (χ1) is 15.9. The lowest BCUT2D eigenvalue weighted by Crippen LogP contribution is -2.52. The van der Waals surface area contributed by atoms with Gasteiger partial charge in [-0.1, -0.05) is 17.7 Å². The molecule has 0 radical (unpaired) electrons. The third-order valence-corrected chi connectivity index (χ3v) is 6.44. The Kier molecular flexibility index (Phi) is 5.17. The molecule has 3 amide bonds. The van der Waals surface area contributed by atoms with Crippen LogP contribution in [0.2, 0.25) is 5.02 Å². The Morgan fingerprint density at radius 3 is 2.70 bits per heavy atom. The van der Waals surface area contributed by atoms with Gasteiger partial charge in [0.1, 0.15) is 17.6 Å². The van der Waals surface area contributed by atoms with Crippen LogP contribution in [-0.2, 0) is 23.2 Å². The molecule has 168 valence electrons. The highest BCUT2D eigenvalue weighted by Gasteiger charge is 2.39. The summed E-state index contributed by atoms with van der Waals surface area (Å²) in [4.78, 5) is 43.0. The van der Waals surface area contributed by atoms with E-state index in [1.54, 1.807) is 25.3 Å². The molecule has 1 unspecified atom stereocenters. The number of rotatable bonds is 4. The van der Waals surface area contributed by atoms with E-state index < -0.39 is 11.9 Å². The van der Waals surface area contributed by atoms with Crippen molar-refractivity contribution < 1.29 is 19.1 Å². The molecule has 0 aliphatic carbocycles. The van der Waals surface area contributed by atoms with Crippen molar-refractivity contribution in [1.29, 1.82) is 0 Å². The monoisotopic (exact) mass is 464 g/mol. The van der Waals surface area contributed by atoms with E-state index >= 15 is 0 Å². The fourth-order valence-electron chi connectivity index (χ4n) is 4.39. The SMILES string of the molecule is COc1ccc(Cl)c(-c2nc(-c3ccc4c(c3)CN(C3CCC(=O)NC3=O)C4=O)cn2C)c1. The number of aromatic nitrogens is 2. The van der Waals surface area contributed by atoms with E-state index in [0.717, 1.165) is 22.4 Å². The van der Waals surface area contributed by atoms with Gasteiger partial charge in [-0.2, -0.15) is 0 Å². The highest BCUT2D eigenvalue weighted by molar-refractivity contribution is 6.33. The molecule has 2 aliphatic heterocycles. The van der Waals surface area contributed by atoms with Crippen LogP contribution in [0.5, 0.6) is 5.75 Å². The number of hydrogen-bond acceptors (Lipinski definition) is 5. The summed E-state index contributed by atoms with van der Waals surface area (Å²) in [6.07, 6.45) is 2.47. The Labute approximate surface area is 195 Å². The number of aryl methyl sites for hydroxylation is 1. The number of imidazole rings is 1. The third kappa shape index (κ3) is 3.66. The predicted octanol–water partition coefficient (Wildman–Crippen LogP) is 3.18. The number of benzene rings is 2. The number of methoxy groups -OCH3 is 1. The van der Waals surface area contributed by atoms with Gasteiger partial charge in [0.15, 0.2) is 0 Å². The van der Waals surface area contributed by atoms with Crippen LogP contribution in [0.15, 0.2) is 42.6 Å². The van der Waals surface area contributed by atoms with Crippen LogP contribution in [0.1, 0.15) is 28.8 Å². The standard InChI is InChI=1S/C24H21ClN4O4/c1-28-12-19(26-22(28)17-10-15(33-2)4-6-18(17)25)13-3-5-16-14(9-13)11-29(24(16)32)20-7-8-21(30)27-23(20)31/h3-6,9-10,12,20H,7-8,11H2,1-2H3,(H,27,30,31). The maximum absolute atomic E-state index is 12.9. The lowest BCUT2D eigenvalue weighted by molar-refractivity contribution is -0.136. The molecule has 2 aromatic carbocycles. The third-order valence-electron chi connectivity index (χ3n) is 6.11. The van der Waals surface area contributed by atoms with Crippen molar-refractivity contribution >= 4 is 29.3 Å². The molecule has 1 fully saturated rings. The summed E-state index contributed by atoms with van der Waals surface area (Å²) in [5, 5.41) is 2.89. The second-order valence-electron chi connectivity index (χ2n) is 8.18. The number of carbonyl (C=O) groups is 3. The summed E-state index contributed by atoms with van der Waals surface area (Å²) in [5.41, 5.74) is 3.74. The number of amides is 3. The van der Waals surface area contributed by atoms with E-state index in [9.17, 15) is 14.4 Å². The number of fused-ring (bicyclic) bond motifs is 1. The van der Waals surface area contributed by atoms with Gasteiger partial charge in [-0.15, -0.1) is 0 Å². The lowest BCUT2D eigenvalue weighted by Gasteiger charge is -2.29. The molecule has 9 heteroatoms. The van der Waals surface area contributed by atoms with Crippen LogP contribution in [0.4, 0.5) is 0 Å². The number of ether oxygens (including phenoxy) is 1. The molecule has 0 bridgehead atoms. The van der Waals surface area contributed by atoms with Gasteiger partial charge in [-0.25, -0.2) is 4.98 Å². The van der Waals surface area contributed by atoms with Crippen molar-refractivity contribution in [3.8, 4) is 28.4 Å². The van der Waals surface area contributed by atoms with E-state index in [0.29, 0.717) is 35.1 Å². The van der Waals surface area contributed by atoms with Crippen molar-refractivity contribution in [2.75, 3.05) is 7.11 Å².